The molecular formula is C24H22FNO3S. The molecule has 3 aromatic carbocycles. The fraction of sp³-hybridized carbons (Fsp3) is 0.125. The van der Waals surface area contributed by atoms with Gasteiger partial charge in [0.05, 0.1) is 10.6 Å². The van der Waals surface area contributed by atoms with E-state index in [9.17, 15) is 17.6 Å². The molecule has 3 rings (SSSR count). The molecule has 0 aliphatic carbocycles. The number of aryl methyl sites for hydroxylation is 2. The summed E-state index contributed by atoms with van der Waals surface area (Å²) in [6.07, 6.45) is 2.64. The van der Waals surface area contributed by atoms with Gasteiger partial charge in [0, 0.05) is 6.08 Å². The second-order valence-electron chi connectivity index (χ2n) is 7.02. The standard InChI is InChI=1S/C24H22FNO3S/c1-17-7-14-22(15-8-17)30(28,29)26(23-6-4-5-18(2)19(23)3)24(27)16-11-20-9-12-21(25)13-10-20/h4-16H,1-3H3/b16-11+. The molecule has 0 spiro atoms. The number of sulfonamides is 1. The van der Waals surface area contributed by atoms with E-state index in [-0.39, 0.29) is 4.90 Å². The normalized spacial score (nSPS) is 11.6. The van der Waals surface area contributed by atoms with Crippen LogP contribution in [0, 0.1) is 26.6 Å². The van der Waals surface area contributed by atoms with E-state index in [0.29, 0.717) is 16.8 Å². The third-order valence-corrected chi connectivity index (χ3v) is 6.57. The van der Waals surface area contributed by atoms with Crippen molar-refractivity contribution in [1.82, 2.24) is 0 Å². The number of halogens is 1. The van der Waals surface area contributed by atoms with Gasteiger partial charge in [-0.15, -0.1) is 0 Å². The van der Waals surface area contributed by atoms with Crippen LogP contribution in [0.4, 0.5) is 10.1 Å². The molecule has 0 radical (unpaired) electrons. The van der Waals surface area contributed by atoms with Crippen LogP contribution in [0.3, 0.4) is 0 Å². The summed E-state index contributed by atoms with van der Waals surface area (Å²) in [7, 11) is -4.15. The first kappa shape index (κ1) is 21.5. The molecule has 30 heavy (non-hydrogen) atoms. The highest BCUT2D eigenvalue weighted by molar-refractivity contribution is 7.93. The molecule has 6 heteroatoms. The Labute approximate surface area is 176 Å². The van der Waals surface area contributed by atoms with Gasteiger partial charge in [-0.1, -0.05) is 42.0 Å². The van der Waals surface area contributed by atoms with Gasteiger partial charge in [-0.3, -0.25) is 4.79 Å². The number of carbonyl (C=O) groups excluding carboxylic acids is 1. The van der Waals surface area contributed by atoms with Gasteiger partial charge >= 0.3 is 0 Å². The van der Waals surface area contributed by atoms with Crippen molar-refractivity contribution >= 4 is 27.7 Å². The SMILES string of the molecule is Cc1ccc(S(=O)(=O)N(C(=O)/C=C/c2ccc(F)cc2)c2cccc(C)c2C)cc1. The maximum absolute atomic E-state index is 13.4. The van der Waals surface area contributed by atoms with Gasteiger partial charge in [0.1, 0.15) is 5.82 Å². The molecule has 0 heterocycles. The summed E-state index contributed by atoms with van der Waals surface area (Å²) in [5.41, 5.74) is 3.35. The molecule has 0 fully saturated rings. The lowest BCUT2D eigenvalue weighted by Crippen LogP contribution is -2.36. The Hall–Kier alpha value is -3.25. The number of amides is 1. The van der Waals surface area contributed by atoms with Crippen molar-refractivity contribution in [2.24, 2.45) is 0 Å². The third kappa shape index (κ3) is 4.49. The number of hydrogen-bond donors (Lipinski definition) is 0. The molecule has 0 N–H and O–H groups in total. The Morgan fingerprint density at radius 2 is 1.53 bits per heavy atom. The van der Waals surface area contributed by atoms with Gasteiger partial charge in [0.25, 0.3) is 15.9 Å². The zero-order valence-corrected chi connectivity index (χ0v) is 17.8. The van der Waals surface area contributed by atoms with Crippen LogP contribution in [0.1, 0.15) is 22.3 Å². The summed E-state index contributed by atoms with van der Waals surface area (Å²) in [6.45, 7) is 5.49. The predicted octanol–water partition coefficient (Wildman–Crippen LogP) is 5.19. The molecule has 0 saturated heterocycles. The van der Waals surface area contributed by atoms with Gasteiger partial charge in [0.2, 0.25) is 0 Å². The Morgan fingerprint density at radius 1 is 0.900 bits per heavy atom. The number of benzene rings is 3. The molecule has 0 aliphatic rings. The molecule has 0 bridgehead atoms. The second kappa shape index (κ2) is 8.63. The molecule has 1 amide bonds. The van der Waals surface area contributed by atoms with Crippen LogP contribution in [-0.4, -0.2) is 14.3 Å². The zero-order valence-electron chi connectivity index (χ0n) is 17.0. The average Bonchev–Trinajstić information content (AvgIpc) is 2.71. The van der Waals surface area contributed by atoms with E-state index < -0.39 is 21.7 Å². The van der Waals surface area contributed by atoms with Gasteiger partial charge in [-0.05, 0) is 73.9 Å². The number of hydrogen-bond acceptors (Lipinski definition) is 3. The van der Waals surface area contributed by atoms with Crippen LogP contribution in [0.2, 0.25) is 0 Å². The van der Waals surface area contributed by atoms with Crippen molar-refractivity contribution in [1.29, 1.82) is 0 Å². The lowest BCUT2D eigenvalue weighted by molar-refractivity contribution is -0.113. The van der Waals surface area contributed by atoms with Crippen molar-refractivity contribution in [2.75, 3.05) is 4.31 Å². The first-order chi connectivity index (χ1) is 14.2. The molecule has 0 atom stereocenters. The third-order valence-electron chi connectivity index (χ3n) is 4.84. The molecule has 4 nitrogen and oxygen atoms in total. The topological polar surface area (TPSA) is 54.5 Å². The number of anilines is 1. The Bertz CT molecular complexity index is 1200. The minimum atomic E-state index is -4.15. The Kier molecular flexibility index (Phi) is 6.17. The highest BCUT2D eigenvalue weighted by Crippen LogP contribution is 2.29. The number of rotatable bonds is 5. The van der Waals surface area contributed by atoms with Crippen molar-refractivity contribution < 1.29 is 17.6 Å². The van der Waals surface area contributed by atoms with E-state index in [1.54, 1.807) is 31.2 Å². The monoisotopic (exact) mass is 423 g/mol. The van der Waals surface area contributed by atoms with E-state index in [4.69, 9.17) is 0 Å². The number of nitrogens with zero attached hydrogens (tertiary/aromatic N) is 1. The van der Waals surface area contributed by atoms with Crippen molar-refractivity contribution in [3.8, 4) is 0 Å². The minimum Gasteiger partial charge on any atom is -0.268 e. The smallest absolute Gasteiger partial charge is 0.268 e. The van der Waals surface area contributed by atoms with Crippen molar-refractivity contribution in [2.45, 2.75) is 25.7 Å². The largest absolute Gasteiger partial charge is 0.271 e. The summed E-state index contributed by atoms with van der Waals surface area (Å²) >= 11 is 0. The summed E-state index contributed by atoms with van der Waals surface area (Å²) < 4.78 is 40.8. The maximum Gasteiger partial charge on any atom is 0.271 e. The summed E-state index contributed by atoms with van der Waals surface area (Å²) in [5, 5.41) is 0. The molecular weight excluding hydrogens is 401 g/mol. The maximum atomic E-state index is 13.4. The summed E-state index contributed by atoms with van der Waals surface area (Å²) in [6, 6.07) is 17.1. The van der Waals surface area contributed by atoms with Gasteiger partial charge in [-0.2, -0.15) is 4.31 Å². The molecule has 3 aromatic rings. The van der Waals surface area contributed by atoms with Crippen molar-refractivity contribution in [3.05, 3.63) is 101 Å². The predicted molar refractivity (Wildman–Crippen MR) is 117 cm³/mol. The highest BCUT2D eigenvalue weighted by atomic mass is 32.2. The molecule has 0 aromatic heterocycles. The van der Waals surface area contributed by atoms with E-state index in [1.165, 1.54) is 48.6 Å². The Morgan fingerprint density at radius 3 is 2.17 bits per heavy atom. The fourth-order valence-electron chi connectivity index (χ4n) is 2.95. The fourth-order valence-corrected chi connectivity index (χ4v) is 4.39. The lowest BCUT2D eigenvalue weighted by atomic mass is 10.1. The minimum absolute atomic E-state index is 0.0255. The molecule has 154 valence electrons. The molecule has 0 aliphatic heterocycles. The molecule has 0 saturated carbocycles. The second-order valence-corrected chi connectivity index (χ2v) is 8.81. The summed E-state index contributed by atoms with van der Waals surface area (Å²) in [4.78, 5) is 13.1. The van der Waals surface area contributed by atoms with Crippen LogP contribution in [0.25, 0.3) is 6.08 Å². The van der Waals surface area contributed by atoms with E-state index in [0.717, 1.165) is 15.4 Å². The van der Waals surface area contributed by atoms with Gasteiger partial charge < -0.3 is 0 Å². The first-order valence-corrected chi connectivity index (χ1v) is 10.8. The van der Waals surface area contributed by atoms with Gasteiger partial charge in [0.15, 0.2) is 0 Å². The van der Waals surface area contributed by atoms with Crippen LogP contribution < -0.4 is 4.31 Å². The van der Waals surface area contributed by atoms with Crippen LogP contribution in [0.15, 0.2) is 77.7 Å². The Balaban J connectivity index is 2.09. The quantitative estimate of drug-likeness (QED) is 0.531. The van der Waals surface area contributed by atoms with E-state index in [1.807, 2.05) is 19.9 Å². The van der Waals surface area contributed by atoms with Crippen LogP contribution >= 0.6 is 0 Å². The van der Waals surface area contributed by atoms with Crippen molar-refractivity contribution in [3.63, 3.8) is 0 Å². The highest BCUT2D eigenvalue weighted by Gasteiger charge is 2.31. The van der Waals surface area contributed by atoms with Crippen LogP contribution in [0.5, 0.6) is 0 Å². The summed E-state index contributed by atoms with van der Waals surface area (Å²) in [5.74, 6) is -1.11. The zero-order chi connectivity index (χ0) is 21.9. The van der Waals surface area contributed by atoms with Crippen LogP contribution in [-0.2, 0) is 14.8 Å². The van der Waals surface area contributed by atoms with E-state index in [2.05, 4.69) is 0 Å². The van der Waals surface area contributed by atoms with E-state index >= 15 is 0 Å². The number of carbonyl (C=O) groups is 1. The lowest BCUT2D eigenvalue weighted by Gasteiger charge is -2.24. The first-order valence-electron chi connectivity index (χ1n) is 9.36. The average molecular weight is 424 g/mol. The van der Waals surface area contributed by atoms with Gasteiger partial charge in [-0.25, -0.2) is 12.8 Å². The molecule has 0 unspecified atom stereocenters.